The normalized spacial score (nSPS) is 23.8. The lowest BCUT2D eigenvalue weighted by Crippen LogP contribution is -2.58. The average molecular weight is 294 g/mol. The van der Waals surface area contributed by atoms with Crippen LogP contribution in [0.15, 0.2) is 0 Å². The van der Waals surface area contributed by atoms with Gasteiger partial charge in [-0.2, -0.15) is 26.3 Å². The van der Waals surface area contributed by atoms with Crippen molar-refractivity contribution in [1.29, 1.82) is 0 Å². The van der Waals surface area contributed by atoms with Crippen LogP contribution in [0.25, 0.3) is 0 Å². The third-order valence-corrected chi connectivity index (χ3v) is 2.93. The van der Waals surface area contributed by atoms with E-state index in [0.717, 1.165) is 19.3 Å². The number of rotatable bonds is 5. The first kappa shape index (κ1) is 16.6. The summed E-state index contributed by atoms with van der Waals surface area (Å²) in [5.41, 5.74) is 0. The van der Waals surface area contributed by atoms with Gasteiger partial charge in [0.2, 0.25) is 0 Å². The summed E-state index contributed by atoms with van der Waals surface area (Å²) in [5.74, 6) is -4.46. The maximum absolute atomic E-state index is 12.6. The lowest BCUT2D eigenvalue weighted by Gasteiger charge is -2.31. The minimum atomic E-state index is -5.64. The predicted octanol–water partition coefficient (Wildman–Crippen LogP) is 4.19. The van der Waals surface area contributed by atoms with Crippen molar-refractivity contribution in [2.75, 3.05) is 6.61 Å². The second kappa shape index (κ2) is 5.87. The van der Waals surface area contributed by atoms with Gasteiger partial charge < -0.3 is 9.47 Å². The molecule has 0 amide bonds. The Bertz CT molecular complexity index is 272. The first-order chi connectivity index (χ1) is 8.64. The Morgan fingerprint density at radius 2 is 1.58 bits per heavy atom. The lowest BCUT2D eigenvalue weighted by molar-refractivity contribution is -0.443. The fourth-order valence-corrected chi connectivity index (χ4v) is 1.91. The molecule has 1 rings (SSSR count). The standard InChI is InChI=1S/C11H16F6O2/c1-2-3-4-5-6-8-7-18-9(19-8,10(12,13)14)11(15,16)17/h8H,2-7H2,1H3. The highest BCUT2D eigenvalue weighted by molar-refractivity contribution is 4.92. The molecular weight excluding hydrogens is 278 g/mol. The molecular formula is C11H16F6O2. The van der Waals surface area contributed by atoms with E-state index in [1.165, 1.54) is 0 Å². The van der Waals surface area contributed by atoms with E-state index in [1.54, 1.807) is 0 Å². The number of unbranched alkanes of at least 4 members (excludes halogenated alkanes) is 3. The zero-order valence-corrected chi connectivity index (χ0v) is 10.4. The Morgan fingerprint density at radius 1 is 1.00 bits per heavy atom. The van der Waals surface area contributed by atoms with Crippen LogP contribution in [0.1, 0.15) is 39.0 Å². The van der Waals surface area contributed by atoms with Crippen LogP contribution in [0.4, 0.5) is 26.3 Å². The molecule has 0 aromatic rings. The molecule has 1 aliphatic rings. The molecule has 114 valence electrons. The molecule has 2 nitrogen and oxygen atoms in total. The summed E-state index contributed by atoms with van der Waals surface area (Å²) in [4.78, 5) is 0. The maximum atomic E-state index is 12.6. The van der Waals surface area contributed by atoms with Crippen LogP contribution >= 0.6 is 0 Å². The second-order valence-corrected chi connectivity index (χ2v) is 4.51. The molecule has 0 radical (unpaired) electrons. The maximum Gasteiger partial charge on any atom is 0.453 e. The van der Waals surface area contributed by atoms with Gasteiger partial charge in [-0.05, 0) is 6.42 Å². The van der Waals surface area contributed by atoms with Gasteiger partial charge in [0.1, 0.15) is 0 Å². The van der Waals surface area contributed by atoms with Gasteiger partial charge in [0.05, 0.1) is 12.7 Å². The number of ether oxygens (including phenoxy) is 2. The molecule has 1 fully saturated rings. The Morgan fingerprint density at radius 3 is 2.00 bits per heavy atom. The molecule has 0 saturated carbocycles. The van der Waals surface area contributed by atoms with Crippen molar-refractivity contribution < 1.29 is 35.8 Å². The SMILES string of the molecule is CCCCCCC1COC(C(F)(F)F)(C(F)(F)F)O1. The number of halogens is 6. The highest BCUT2D eigenvalue weighted by atomic mass is 19.4. The van der Waals surface area contributed by atoms with E-state index >= 15 is 0 Å². The average Bonchev–Trinajstić information content (AvgIpc) is 2.68. The van der Waals surface area contributed by atoms with E-state index in [0.29, 0.717) is 6.42 Å². The molecule has 0 spiro atoms. The van der Waals surface area contributed by atoms with Crippen molar-refractivity contribution in [2.24, 2.45) is 0 Å². The van der Waals surface area contributed by atoms with Gasteiger partial charge in [-0.15, -0.1) is 0 Å². The van der Waals surface area contributed by atoms with Crippen molar-refractivity contribution in [3.63, 3.8) is 0 Å². The number of hydrogen-bond donors (Lipinski definition) is 0. The van der Waals surface area contributed by atoms with E-state index in [2.05, 4.69) is 9.47 Å². The van der Waals surface area contributed by atoms with Gasteiger partial charge in [0.15, 0.2) is 0 Å². The predicted molar refractivity (Wildman–Crippen MR) is 54.4 cm³/mol. The van der Waals surface area contributed by atoms with Gasteiger partial charge in [-0.25, -0.2) is 0 Å². The van der Waals surface area contributed by atoms with Crippen molar-refractivity contribution in [2.45, 2.75) is 63.3 Å². The van der Waals surface area contributed by atoms with E-state index in [4.69, 9.17) is 0 Å². The van der Waals surface area contributed by atoms with Crippen LogP contribution in [0, 0.1) is 0 Å². The zero-order valence-electron chi connectivity index (χ0n) is 10.4. The fourth-order valence-electron chi connectivity index (χ4n) is 1.91. The minimum Gasteiger partial charge on any atom is -0.333 e. The Balaban J connectivity index is 2.64. The Kier molecular flexibility index (Phi) is 5.11. The van der Waals surface area contributed by atoms with Crippen molar-refractivity contribution in [1.82, 2.24) is 0 Å². The van der Waals surface area contributed by atoms with E-state index in [-0.39, 0.29) is 6.42 Å². The number of hydrogen-bond acceptors (Lipinski definition) is 2. The molecule has 0 aliphatic carbocycles. The van der Waals surface area contributed by atoms with Gasteiger partial charge in [0.25, 0.3) is 0 Å². The molecule has 1 saturated heterocycles. The molecule has 0 aromatic carbocycles. The van der Waals surface area contributed by atoms with Crippen LogP contribution in [-0.2, 0) is 9.47 Å². The highest BCUT2D eigenvalue weighted by Gasteiger charge is 2.77. The van der Waals surface area contributed by atoms with Crippen LogP contribution in [0.2, 0.25) is 0 Å². The Labute approximate surface area is 107 Å². The molecule has 1 heterocycles. The topological polar surface area (TPSA) is 18.5 Å². The summed E-state index contributed by atoms with van der Waals surface area (Å²) in [6, 6.07) is 0. The van der Waals surface area contributed by atoms with Gasteiger partial charge in [0, 0.05) is 0 Å². The summed E-state index contributed by atoms with van der Waals surface area (Å²) in [7, 11) is 0. The van der Waals surface area contributed by atoms with Crippen molar-refractivity contribution in [3.05, 3.63) is 0 Å². The summed E-state index contributed by atoms with van der Waals surface area (Å²) < 4.78 is 83.5. The van der Waals surface area contributed by atoms with Gasteiger partial charge >= 0.3 is 18.1 Å². The lowest BCUT2D eigenvalue weighted by atomic mass is 10.1. The summed E-state index contributed by atoms with van der Waals surface area (Å²) >= 11 is 0. The zero-order chi connectivity index (χ0) is 14.7. The quantitative estimate of drug-likeness (QED) is 0.559. The molecule has 0 N–H and O–H groups in total. The van der Waals surface area contributed by atoms with Crippen molar-refractivity contribution >= 4 is 0 Å². The first-order valence-electron chi connectivity index (χ1n) is 6.09. The molecule has 1 atom stereocenters. The third kappa shape index (κ3) is 3.53. The van der Waals surface area contributed by atoms with E-state index in [9.17, 15) is 26.3 Å². The van der Waals surface area contributed by atoms with Crippen LogP contribution in [-0.4, -0.2) is 30.9 Å². The summed E-state index contributed by atoms with van der Waals surface area (Å²) in [6.07, 6.45) is -9.22. The molecule has 0 bridgehead atoms. The first-order valence-corrected chi connectivity index (χ1v) is 6.09. The van der Waals surface area contributed by atoms with Crippen LogP contribution in [0.5, 0.6) is 0 Å². The smallest absolute Gasteiger partial charge is 0.333 e. The summed E-state index contributed by atoms with van der Waals surface area (Å²) in [6.45, 7) is 1.26. The van der Waals surface area contributed by atoms with E-state index in [1.807, 2.05) is 6.92 Å². The highest BCUT2D eigenvalue weighted by Crippen LogP contribution is 2.50. The van der Waals surface area contributed by atoms with E-state index < -0.39 is 30.9 Å². The molecule has 0 aromatic heterocycles. The molecule has 8 heteroatoms. The van der Waals surface area contributed by atoms with Gasteiger partial charge in [-0.3, -0.25) is 0 Å². The molecule has 1 unspecified atom stereocenters. The second-order valence-electron chi connectivity index (χ2n) is 4.51. The van der Waals surface area contributed by atoms with Crippen molar-refractivity contribution in [3.8, 4) is 0 Å². The minimum absolute atomic E-state index is 0.133. The van der Waals surface area contributed by atoms with Crippen LogP contribution in [0.3, 0.4) is 0 Å². The van der Waals surface area contributed by atoms with Gasteiger partial charge in [-0.1, -0.05) is 32.6 Å². The third-order valence-electron chi connectivity index (χ3n) is 2.93. The Hall–Kier alpha value is -0.500. The molecule has 1 aliphatic heterocycles. The number of alkyl halides is 6. The molecule has 19 heavy (non-hydrogen) atoms. The largest absolute Gasteiger partial charge is 0.453 e. The van der Waals surface area contributed by atoms with Crippen LogP contribution < -0.4 is 0 Å². The monoisotopic (exact) mass is 294 g/mol. The fraction of sp³-hybridized carbons (Fsp3) is 1.00. The summed E-state index contributed by atoms with van der Waals surface area (Å²) in [5, 5.41) is 0.